The maximum absolute atomic E-state index is 6.16. The molecule has 1 saturated heterocycles. The first-order chi connectivity index (χ1) is 9.54. The summed E-state index contributed by atoms with van der Waals surface area (Å²) < 4.78 is 0. The number of halogens is 1. The summed E-state index contributed by atoms with van der Waals surface area (Å²) in [6.45, 7) is 3.51. The van der Waals surface area contributed by atoms with Gasteiger partial charge < -0.3 is 10.2 Å². The zero-order chi connectivity index (χ0) is 14.3. The van der Waals surface area contributed by atoms with Gasteiger partial charge in [0.15, 0.2) is 0 Å². The number of nitrogens with one attached hydrogen (secondary N) is 1. The van der Waals surface area contributed by atoms with Gasteiger partial charge in [-0.05, 0) is 44.4 Å². The van der Waals surface area contributed by atoms with Gasteiger partial charge in [-0.3, -0.25) is 4.90 Å². The number of nitrogens with zero attached hydrogens (tertiary/aromatic N) is 2. The third-order valence-corrected chi connectivity index (χ3v) is 4.67. The fraction of sp³-hybridized carbons (Fsp3) is 0.625. The SMILES string of the molecule is CC1CC(Nc2cc(Cl)ccc2N(C)C)CN1C1CC1. The van der Waals surface area contributed by atoms with Crippen LogP contribution in [0.15, 0.2) is 18.2 Å². The fourth-order valence-electron chi connectivity index (χ4n) is 3.31. The van der Waals surface area contributed by atoms with Crippen LogP contribution in [-0.4, -0.2) is 43.7 Å². The molecule has 1 aromatic rings. The van der Waals surface area contributed by atoms with Crippen molar-refractivity contribution in [1.82, 2.24) is 4.90 Å². The zero-order valence-electron chi connectivity index (χ0n) is 12.6. The molecule has 2 unspecified atom stereocenters. The van der Waals surface area contributed by atoms with E-state index in [1.807, 2.05) is 12.1 Å². The van der Waals surface area contributed by atoms with Crippen LogP contribution in [0.3, 0.4) is 0 Å². The van der Waals surface area contributed by atoms with E-state index in [9.17, 15) is 0 Å². The summed E-state index contributed by atoms with van der Waals surface area (Å²) in [6.07, 6.45) is 3.99. The zero-order valence-corrected chi connectivity index (χ0v) is 13.3. The van der Waals surface area contributed by atoms with Crippen LogP contribution >= 0.6 is 11.6 Å². The minimum absolute atomic E-state index is 0.530. The lowest BCUT2D eigenvalue weighted by Gasteiger charge is -2.22. The van der Waals surface area contributed by atoms with Gasteiger partial charge in [-0.25, -0.2) is 0 Å². The second-order valence-corrected chi connectivity index (χ2v) is 6.85. The highest BCUT2D eigenvalue weighted by atomic mass is 35.5. The van der Waals surface area contributed by atoms with Crippen LogP contribution in [0, 0.1) is 0 Å². The summed E-state index contributed by atoms with van der Waals surface area (Å²) >= 11 is 6.16. The number of hydrogen-bond acceptors (Lipinski definition) is 3. The lowest BCUT2D eigenvalue weighted by Crippen LogP contribution is -2.31. The monoisotopic (exact) mass is 293 g/mol. The van der Waals surface area contributed by atoms with E-state index >= 15 is 0 Å². The van der Waals surface area contributed by atoms with Crippen molar-refractivity contribution < 1.29 is 0 Å². The van der Waals surface area contributed by atoms with Gasteiger partial charge in [0, 0.05) is 43.8 Å². The first kappa shape index (κ1) is 14.0. The van der Waals surface area contributed by atoms with Crippen molar-refractivity contribution in [1.29, 1.82) is 0 Å². The predicted molar refractivity (Wildman–Crippen MR) is 87.0 cm³/mol. The van der Waals surface area contributed by atoms with E-state index in [1.165, 1.54) is 24.9 Å². The van der Waals surface area contributed by atoms with Gasteiger partial charge in [-0.1, -0.05) is 11.6 Å². The summed E-state index contributed by atoms with van der Waals surface area (Å²) in [6, 6.07) is 8.16. The van der Waals surface area contributed by atoms with Gasteiger partial charge >= 0.3 is 0 Å². The first-order valence-electron chi connectivity index (χ1n) is 7.53. The lowest BCUT2D eigenvalue weighted by molar-refractivity contribution is 0.257. The Morgan fingerprint density at radius 3 is 2.70 bits per heavy atom. The van der Waals surface area contributed by atoms with E-state index < -0.39 is 0 Å². The molecule has 2 fully saturated rings. The third-order valence-electron chi connectivity index (χ3n) is 4.44. The maximum atomic E-state index is 6.16. The van der Waals surface area contributed by atoms with Gasteiger partial charge in [0.1, 0.15) is 0 Å². The second kappa shape index (κ2) is 5.45. The molecule has 1 aliphatic heterocycles. The number of likely N-dealkylation sites (tertiary alicyclic amines) is 1. The molecular weight excluding hydrogens is 270 g/mol. The smallest absolute Gasteiger partial charge is 0.0597 e. The molecule has 1 aromatic carbocycles. The highest BCUT2D eigenvalue weighted by Gasteiger charge is 2.38. The highest BCUT2D eigenvalue weighted by molar-refractivity contribution is 6.31. The van der Waals surface area contributed by atoms with E-state index in [0.717, 1.165) is 23.3 Å². The Labute approximate surface area is 126 Å². The number of benzene rings is 1. The molecule has 0 bridgehead atoms. The van der Waals surface area contributed by atoms with Crippen LogP contribution in [0.1, 0.15) is 26.2 Å². The largest absolute Gasteiger partial charge is 0.379 e. The van der Waals surface area contributed by atoms with Gasteiger partial charge in [0.25, 0.3) is 0 Å². The Morgan fingerprint density at radius 2 is 2.05 bits per heavy atom. The molecule has 0 aromatic heterocycles. The van der Waals surface area contributed by atoms with Crippen LogP contribution in [0.5, 0.6) is 0 Å². The predicted octanol–water partition coefficient (Wildman–Crippen LogP) is 3.44. The lowest BCUT2D eigenvalue weighted by atomic mass is 10.1. The normalized spacial score (nSPS) is 26.8. The Morgan fingerprint density at radius 1 is 1.30 bits per heavy atom. The van der Waals surface area contributed by atoms with Crippen molar-refractivity contribution in [3.63, 3.8) is 0 Å². The Bertz CT molecular complexity index is 485. The quantitative estimate of drug-likeness (QED) is 0.917. The van der Waals surface area contributed by atoms with Gasteiger partial charge in [0.05, 0.1) is 11.4 Å². The molecule has 3 rings (SSSR count). The van der Waals surface area contributed by atoms with Crippen molar-refractivity contribution in [2.75, 3.05) is 30.9 Å². The minimum atomic E-state index is 0.530. The molecule has 2 atom stereocenters. The van der Waals surface area contributed by atoms with Crippen LogP contribution in [0.4, 0.5) is 11.4 Å². The van der Waals surface area contributed by atoms with Crippen molar-refractivity contribution in [2.45, 2.75) is 44.3 Å². The minimum Gasteiger partial charge on any atom is -0.379 e. The summed E-state index contributed by atoms with van der Waals surface area (Å²) in [5.74, 6) is 0. The Kier molecular flexibility index (Phi) is 3.83. The summed E-state index contributed by atoms with van der Waals surface area (Å²) in [5.41, 5.74) is 2.35. The summed E-state index contributed by atoms with van der Waals surface area (Å²) in [7, 11) is 4.14. The van der Waals surface area contributed by atoms with Crippen molar-refractivity contribution >= 4 is 23.0 Å². The average molecular weight is 294 g/mol. The fourth-order valence-corrected chi connectivity index (χ4v) is 3.48. The molecule has 0 amide bonds. The van der Waals surface area contributed by atoms with E-state index in [4.69, 9.17) is 11.6 Å². The van der Waals surface area contributed by atoms with Crippen molar-refractivity contribution in [2.24, 2.45) is 0 Å². The summed E-state index contributed by atoms with van der Waals surface area (Å²) in [4.78, 5) is 4.80. The molecule has 0 radical (unpaired) electrons. The van der Waals surface area contributed by atoms with E-state index in [0.29, 0.717) is 12.1 Å². The summed E-state index contributed by atoms with van der Waals surface area (Å²) in [5, 5.41) is 4.50. The second-order valence-electron chi connectivity index (χ2n) is 6.41. The van der Waals surface area contributed by atoms with Crippen molar-refractivity contribution in [3.05, 3.63) is 23.2 Å². The average Bonchev–Trinajstić information content (AvgIpc) is 3.14. The van der Waals surface area contributed by atoms with E-state index in [-0.39, 0.29) is 0 Å². The number of hydrogen-bond donors (Lipinski definition) is 1. The van der Waals surface area contributed by atoms with Crippen LogP contribution in [0.25, 0.3) is 0 Å². The molecule has 2 aliphatic rings. The Hall–Kier alpha value is -0.930. The first-order valence-corrected chi connectivity index (χ1v) is 7.91. The number of rotatable bonds is 4. The van der Waals surface area contributed by atoms with Crippen LogP contribution in [0.2, 0.25) is 5.02 Å². The molecule has 1 N–H and O–H groups in total. The Balaban J connectivity index is 1.73. The van der Waals surface area contributed by atoms with Gasteiger partial charge in [-0.15, -0.1) is 0 Å². The molecule has 4 heteroatoms. The van der Waals surface area contributed by atoms with E-state index in [1.54, 1.807) is 0 Å². The molecule has 1 aliphatic carbocycles. The highest BCUT2D eigenvalue weighted by Crippen LogP contribution is 2.35. The van der Waals surface area contributed by atoms with Crippen molar-refractivity contribution in [3.8, 4) is 0 Å². The molecule has 3 nitrogen and oxygen atoms in total. The number of anilines is 2. The van der Waals surface area contributed by atoms with Crippen LogP contribution < -0.4 is 10.2 Å². The molecule has 0 spiro atoms. The topological polar surface area (TPSA) is 18.5 Å². The van der Waals surface area contributed by atoms with Gasteiger partial charge in [0.2, 0.25) is 0 Å². The molecular formula is C16H24ClN3. The molecule has 1 saturated carbocycles. The standard InChI is InChI=1S/C16H24ClN3/c1-11-8-13(10-20(11)14-5-6-14)18-15-9-12(17)4-7-16(15)19(2)3/h4,7,9,11,13-14,18H,5-6,8,10H2,1-3H3. The third kappa shape index (κ3) is 2.89. The molecule has 20 heavy (non-hydrogen) atoms. The molecule has 110 valence electrons. The van der Waals surface area contributed by atoms with Gasteiger partial charge in [-0.2, -0.15) is 0 Å². The van der Waals surface area contributed by atoms with E-state index in [2.05, 4.69) is 42.2 Å². The van der Waals surface area contributed by atoms with Crippen LogP contribution in [-0.2, 0) is 0 Å². The maximum Gasteiger partial charge on any atom is 0.0597 e. The molecule has 1 heterocycles.